The molecule has 0 spiro atoms. The van der Waals surface area contributed by atoms with E-state index in [1.807, 2.05) is 42.2 Å². The fourth-order valence-corrected chi connectivity index (χ4v) is 3.14. The van der Waals surface area contributed by atoms with Gasteiger partial charge in [-0.1, -0.05) is 29.8 Å². The molecule has 2 aromatic rings. The summed E-state index contributed by atoms with van der Waals surface area (Å²) in [6.45, 7) is 5.05. The van der Waals surface area contributed by atoms with E-state index in [9.17, 15) is 14.0 Å². The number of anilines is 1. The van der Waals surface area contributed by atoms with Gasteiger partial charge in [0.15, 0.2) is 6.54 Å². The van der Waals surface area contributed by atoms with E-state index in [0.29, 0.717) is 25.3 Å². The minimum absolute atomic E-state index is 0.00427. The second kappa shape index (κ2) is 9.28. The van der Waals surface area contributed by atoms with Gasteiger partial charge in [-0.2, -0.15) is 0 Å². The molecule has 0 radical (unpaired) electrons. The lowest BCUT2D eigenvalue weighted by Crippen LogP contribution is -3.15. The largest absolute Gasteiger partial charge is 0.328 e. The molecular formula is C22H25FN3O2+. The van der Waals surface area contributed by atoms with E-state index in [4.69, 9.17) is 0 Å². The van der Waals surface area contributed by atoms with Crippen molar-refractivity contribution in [3.05, 3.63) is 71.6 Å². The SMILES string of the molecule is Cc1ccc(/C=C/C(=O)N2CC[NH+](CC(=O)Nc3ccc(F)cc3)CC2)cc1. The Hall–Kier alpha value is -2.99. The molecule has 0 aliphatic carbocycles. The van der Waals surface area contributed by atoms with Gasteiger partial charge in [0.25, 0.3) is 5.91 Å². The number of carbonyl (C=O) groups is 2. The molecular weight excluding hydrogens is 357 g/mol. The van der Waals surface area contributed by atoms with Crippen LogP contribution in [0.2, 0.25) is 0 Å². The molecule has 0 saturated carbocycles. The van der Waals surface area contributed by atoms with E-state index in [1.165, 1.54) is 17.7 Å². The van der Waals surface area contributed by atoms with Crippen molar-refractivity contribution < 1.29 is 18.9 Å². The molecule has 28 heavy (non-hydrogen) atoms. The monoisotopic (exact) mass is 382 g/mol. The van der Waals surface area contributed by atoms with E-state index in [1.54, 1.807) is 18.2 Å². The number of amides is 2. The van der Waals surface area contributed by atoms with E-state index in [-0.39, 0.29) is 17.6 Å². The van der Waals surface area contributed by atoms with Crippen LogP contribution in [0.4, 0.5) is 10.1 Å². The minimum Gasteiger partial charge on any atom is -0.328 e. The van der Waals surface area contributed by atoms with E-state index >= 15 is 0 Å². The number of benzene rings is 2. The van der Waals surface area contributed by atoms with Gasteiger partial charge in [-0.15, -0.1) is 0 Å². The van der Waals surface area contributed by atoms with Crippen molar-refractivity contribution in [3.8, 4) is 0 Å². The molecule has 146 valence electrons. The van der Waals surface area contributed by atoms with E-state index in [0.717, 1.165) is 23.6 Å². The maximum atomic E-state index is 12.9. The van der Waals surface area contributed by atoms with Crippen LogP contribution in [0.25, 0.3) is 6.08 Å². The predicted octanol–water partition coefficient (Wildman–Crippen LogP) is 1.51. The van der Waals surface area contributed by atoms with Crippen LogP contribution in [0.15, 0.2) is 54.6 Å². The molecule has 2 N–H and O–H groups in total. The summed E-state index contributed by atoms with van der Waals surface area (Å²) in [5.41, 5.74) is 2.77. The Bertz CT molecular complexity index is 839. The number of rotatable bonds is 5. The summed E-state index contributed by atoms with van der Waals surface area (Å²) in [6, 6.07) is 13.7. The number of hydrogen-bond acceptors (Lipinski definition) is 2. The molecule has 1 saturated heterocycles. The standard InChI is InChI=1S/C22H24FN3O2/c1-17-2-4-18(5-3-17)6-11-22(28)26-14-12-25(13-15-26)16-21(27)24-20-9-7-19(23)8-10-20/h2-11H,12-16H2,1H3,(H,24,27)/p+1/b11-6+. The van der Waals surface area contributed by atoms with Crippen molar-refractivity contribution in [2.45, 2.75) is 6.92 Å². The Labute approximate surface area is 164 Å². The van der Waals surface area contributed by atoms with Gasteiger partial charge in [0.1, 0.15) is 5.82 Å². The Morgan fingerprint density at radius 1 is 1.07 bits per heavy atom. The minimum atomic E-state index is -0.333. The van der Waals surface area contributed by atoms with Crippen LogP contribution in [0.1, 0.15) is 11.1 Å². The zero-order valence-electron chi connectivity index (χ0n) is 16.0. The number of halogens is 1. The van der Waals surface area contributed by atoms with Crippen molar-refractivity contribution in [2.75, 3.05) is 38.0 Å². The number of piperazine rings is 1. The molecule has 2 amide bonds. The van der Waals surface area contributed by atoms with Gasteiger partial charge in [0.2, 0.25) is 5.91 Å². The zero-order valence-corrected chi connectivity index (χ0v) is 16.0. The van der Waals surface area contributed by atoms with Crippen molar-refractivity contribution in [3.63, 3.8) is 0 Å². The first-order chi connectivity index (χ1) is 13.5. The van der Waals surface area contributed by atoms with Crippen molar-refractivity contribution in [1.82, 2.24) is 4.90 Å². The summed E-state index contributed by atoms with van der Waals surface area (Å²) in [5.74, 6) is -0.447. The summed E-state index contributed by atoms with van der Waals surface area (Å²) >= 11 is 0. The van der Waals surface area contributed by atoms with Gasteiger partial charge in [-0.25, -0.2) is 4.39 Å². The highest BCUT2D eigenvalue weighted by Gasteiger charge is 2.24. The highest BCUT2D eigenvalue weighted by atomic mass is 19.1. The number of nitrogens with zero attached hydrogens (tertiary/aromatic N) is 1. The summed E-state index contributed by atoms with van der Waals surface area (Å²) in [4.78, 5) is 27.4. The summed E-state index contributed by atoms with van der Waals surface area (Å²) in [5, 5.41) is 2.77. The average molecular weight is 382 g/mol. The number of nitrogens with one attached hydrogen (secondary N) is 2. The molecule has 1 aliphatic rings. The molecule has 5 nitrogen and oxygen atoms in total. The zero-order chi connectivity index (χ0) is 19.9. The van der Waals surface area contributed by atoms with Gasteiger partial charge >= 0.3 is 0 Å². The van der Waals surface area contributed by atoms with Crippen LogP contribution in [-0.4, -0.2) is 49.4 Å². The topological polar surface area (TPSA) is 53.9 Å². The third kappa shape index (κ3) is 5.76. The number of hydrogen-bond donors (Lipinski definition) is 2. The fraction of sp³-hybridized carbons (Fsp3) is 0.273. The fourth-order valence-electron chi connectivity index (χ4n) is 3.14. The first-order valence-corrected chi connectivity index (χ1v) is 9.42. The molecule has 1 fully saturated rings. The molecule has 0 aromatic heterocycles. The maximum absolute atomic E-state index is 12.9. The lowest BCUT2D eigenvalue weighted by Gasteiger charge is -2.31. The van der Waals surface area contributed by atoms with Gasteiger partial charge in [-0.3, -0.25) is 9.59 Å². The number of aryl methyl sites for hydroxylation is 1. The molecule has 1 heterocycles. The van der Waals surface area contributed by atoms with Gasteiger partial charge in [0, 0.05) is 11.8 Å². The molecule has 2 aromatic carbocycles. The Kier molecular flexibility index (Phi) is 6.55. The molecule has 6 heteroatoms. The summed E-state index contributed by atoms with van der Waals surface area (Å²) in [7, 11) is 0. The third-order valence-corrected chi connectivity index (χ3v) is 4.82. The van der Waals surface area contributed by atoms with Crippen LogP contribution < -0.4 is 10.2 Å². The van der Waals surface area contributed by atoms with Gasteiger partial charge < -0.3 is 15.1 Å². The number of carbonyl (C=O) groups excluding carboxylic acids is 2. The summed E-state index contributed by atoms with van der Waals surface area (Å²) in [6.07, 6.45) is 3.44. The van der Waals surface area contributed by atoms with Crippen LogP contribution in [0, 0.1) is 12.7 Å². The van der Waals surface area contributed by atoms with Crippen molar-refractivity contribution >= 4 is 23.6 Å². The first kappa shape index (κ1) is 19.8. The van der Waals surface area contributed by atoms with Crippen LogP contribution in [0.5, 0.6) is 0 Å². The van der Waals surface area contributed by atoms with Crippen molar-refractivity contribution in [2.24, 2.45) is 0 Å². The second-order valence-electron chi connectivity index (χ2n) is 7.05. The van der Waals surface area contributed by atoms with Gasteiger partial charge in [0.05, 0.1) is 26.2 Å². The second-order valence-corrected chi connectivity index (χ2v) is 7.05. The smallest absolute Gasteiger partial charge is 0.279 e. The van der Waals surface area contributed by atoms with Crippen LogP contribution >= 0.6 is 0 Å². The lowest BCUT2D eigenvalue weighted by molar-refractivity contribution is -0.895. The summed E-state index contributed by atoms with van der Waals surface area (Å²) < 4.78 is 12.9. The molecule has 1 aliphatic heterocycles. The molecule has 3 rings (SSSR count). The van der Waals surface area contributed by atoms with Crippen LogP contribution in [0.3, 0.4) is 0 Å². The van der Waals surface area contributed by atoms with Gasteiger partial charge in [-0.05, 0) is 42.8 Å². The van der Waals surface area contributed by atoms with E-state index < -0.39 is 0 Å². The number of quaternary nitrogens is 1. The third-order valence-electron chi connectivity index (χ3n) is 4.82. The molecule has 0 atom stereocenters. The maximum Gasteiger partial charge on any atom is 0.279 e. The Balaban J connectivity index is 1.43. The van der Waals surface area contributed by atoms with Crippen molar-refractivity contribution in [1.29, 1.82) is 0 Å². The quantitative estimate of drug-likeness (QED) is 0.771. The lowest BCUT2D eigenvalue weighted by atomic mass is 10.1. The average Bonchev–Trinajstić information content (AvgIpc) is 2.69. The first-order valence-electron chi connectivity index (χ1n) is 9.42. The normalized spacial score (nSPS) is 15.0. The Morgan fingerprint density at radius 2 is 1.71 bits per heavy atom. The van der Waals surface area contributed by atoms with Crippen LogP contribution in [-0.2, 0) is 9.59 Å². The molecule has 0 unspecified atom stereocenters. The highest BCUT2D eigenvalue weighted by molar-refractivity contribution is 5.92. The molecule has 0 bridgehead atoms. The van der Waals surface area contributed by atoms with E-state index in [2.05, 4.69) is 5.32 Å². The Morgan fingerprint density at radius 3 is 2.36 bits per heavy atom. The predicted molar refractivity (Wildman–Crippen MR) is 107 cm³/mol. The highest BCUT2D eigenvalue weighted by Crippen LogP contribution is 2.08.